The van der Waals surface area contributed by atoms with Crippen molar-refractivity contribution in [3.63, 3.8) is 0 Å². The van der Waals surface area contributed by atoms with Gasteiger partial charge in [0.2, 0.25) is 0 Å². The Morgan fingerprint density at radius 1 is 0.870 bits per heavy atom. The first-order valence-corrected chi connectivity index (χ1v) is 8.91. The lowest BCUT2D eigenvalue weighted by Crippen LogP contribution is -2.03. The number of pyridine rings is 2. The largest absolute Gasteiger partial charge is 0.261 e. The maximum atomic E-state index is 4.62. The van der Waals surface area contributed by atoms with Gasteiger partial charge in [-0.25, -0.2) is 0 Å². The zero-order valence-corrected chi connectivity index (χ0v) is 15.2. The SMILES string of the molecule is CCc1ccc(C(C)CCC(C)c2cc(C(C)C)ccn2)nc1. The van der Waals surface area contributed by atoms with Crippen LogP contribution in [-0.4, -0.2) is 9.97 Å². The van der Waals surface area contributed by atoms with E-state index in [0.717, 1.165) is 19.3 Å². The van der Waals surface area contributed by atoms with E-state index < -0.39 is 0 Å². The Morgan fingerprint density at radius 2 is 1.57 bits per heavy atom. The third kappa shape index (κ3) is 4.89. The standard InChI is InChI=1S/C21H30N2/c1-6-18-9-10-20(23-14-18)16(4)7-8-17(5)21-13-19(15(2)3)11-12-22-21/h9-17H,6-8H2,1-5H3. The van der Waals surface area contributed by atoms with Crippen molar-refractivity contribution >= 4 is 0 Å². The molecule has 2 heterocycles. The average Bonchev–Trinajstić information content (AvgIpc) is 2.59. The highest BCUT2D eigenvalue weighted by molar-refractivity contribution is 5.22. The summed E-state index contributed by atoms with van der Waals surface area (Å²) in [6.07, 6.45) is 7.31. The van der Waals surface area contributed by atoms with Gasteiger partial charge < -0.3 is 0 Å². The van der Waals surface area contributed by atoms with E-state index in [1.807, 2.05) is 12.4 Å². The monoisotopic (exact) mass is 310 g/mol. The van der Waals surface area contributed by atoms with Crippen LogP contribution in [0.5, 0.6) is 0 Å². The van der Waals surface area contributed by atoms with Crippen LogP contribution in [0.25, 0.3) is 0 Å². The first kappa shape index (κ1) is 17.7. The third-order valence-electron chi connectivity index (χ3n) is 4.77. The molecular weight excluding hydrogens is 280 g/mol. The quantitative estimate of drug-likeness (QED) is 0.641. The van der Waals surface area contributed by atoms with Gasteiger partial charge in [0.1, 0.15) is 0 Å². The van der Waals surface area contributed by atoms with Crippen LogP contribution in [0, 0.1) is 0 Å². The minimum atomic E-state index is 0.492. The van der Waals surface area contributed by atoms with Crippen LogP contribution in [0.3, 0.4) is 0 Å². The molecule has 0 saturated heterocycles. The Bertz CT molecular complexity index is 601. The van der Waals surface area contributed by atoms with Gasteiger partial charge in [-0.2, -0.15) is 0 Å². The van der Waals surface area contributed by atoms with Crippen molar-refractivity contribution in [2.45, 2.75) is 71.6 Å². The molecule has 0 saturated carbocycles. The molecule has 0 fully saturated rings. The summed E-state index contributed by atoms with van der Waals surface area (Å²) >= 11 is 0. The molecule has 0 spiro atoms. The molecule has 0 aliphatic carbocycles. The van der Waals surface area contributed by atoms with Gasteiger partial charge >= 0.3 is 0 Å². The molecule has 2 heteroatoms. The molecule has 0 aliphatic heterocycles. The first-order valence-electron chi connectivity index (χ1n) is 8.91. The van der Waals surface area contributed by atoms with Gasteiger partial charge in [-0.3, -0.25) is 9.97 Å². The molecular formula is C21H30N2. The number of aromatic nitrogens is 2. The summed E-state index contributed by atoms with van der Waals surface area (Å²) in [5, 5.41) is 0. The summed E-state index contributed by atoms with van der Waals surface area (Å²) < 4.78 is 0. The van der Waals surface area contributed by atoms with Crippen molar-refractivity contribution in [1.82, 2.24) is 9.97 Å². The van der Waals surface area contributed by atoms with E-state index >= 15 is 0 Å². The maximum absolute atomic E-state index is 4.62. The summed E-state index contributed by atoms with van der Waals surface area (Å²) in [6, 6.07) is 8.79. The fourth-order valence-corrected chi connectivity index (χ4v) is 2.83. The normalized spacial score (nSPS) is 14.0. The lowest BCUT2D eigenvalue weighted by atomic mass is 9.92. The van der Waals surface area contributed by atoms with E-state index in [-0.39, 0.29) is 0 Å². The number of rotatable bonds is 7. The fraction of sp³-hybridized carbons (Fsp3) is 0.524. The summed E-state index contributed by atoms with van der Waals surface area (Å²) in [4.78, 5) is 9.20. The Morgan fingerprint density at radius 3 is 2.13 bits per heavy atom. The van der Waals surface area contributed by atoms with Crippen molar-refractivity contribution in [2.75, 3.05) is 0 Å². The van der Waals surface area contributed by atoms with Crippen LogP contribution in [0.1, 0.15) is 87.7 Å². The zero-order valence-electron chi connectivity index (χ0n) is 15.2. The van der Waals surface area contributed by atoms with E-state index in [1.165, 1.54) is 22.5 Å². The van der Waals surface area contributed by atoms with Crippen molar-refractivity contribution in [3.8, 4) is 0 Å². The van der Waals surface area contributed by atoms with Crippen LogP contribution >= 0.6 is 0 Å². The Kier molecular flexibility index (Phi) is 6.32. The molecule has 2 atom stereocenters. The highest BCUT2D eigenvalue weighted by atomic mass is 14.7. The molecule has 0 aromatic carbocycles. The smallest absolute Gasteiger partial charge is 0.0434 e. The van der Waals surface area contributed by atoms with E-state index in [9.17, 15) is 0 Å². The number of nitrogens with zero attached hydrogens (tertiary/aromatic N) is 2. The first-order chi connectivity index (χ1) is 11.0. The number of hydrogen-bond acceptors (Lipinski definition) is 2. The Hall–Kier alpha value is -1.70. The second-order valence-corrected chi connectivity index (χ2v) is 6.99. The molecule has 2 aromatic rings. The van der Waals surface area contributed by atoms with Crippen LogP contribution in [0.15, 0.2) is 36.7 Å². The van der Waals surface area contributed by atoms with E-state index in [0.29, 0.717) is 17.8 Å². The zero-order chi connectivity index (χ0) is 16.8. The Labute approximate surface area is 141 Å². The van der Waals surface area contributed by atoms with Crippen LogP contribution in [-0.2, 0) is 6.42 Å². The van der Waals surface area contributed by atoms with Gasteiger partial charge in [-0.1, -0.05) is 40.7 Å². The van der Waals surface area contributed by atoms with E-state index in [4.69, 9.17) is 0 Å². The average molecular weight is 310 g/mol. The lowest BCUT2D eigenvalue weighted by Gasteiger charge is -2.16. The highest BCUT2D eigenvalue weighted by Crippen LogP contribution is 2.27. The molecule has 2 aromatic heterocycles. The Balaban J connectivity index is 1.95. The molecule has 2 nitrogen and oxygen atoms in total. The molecule has 0 N–H and O–H groups in total. The molecule has 124 valence electrons. The number of hydrogen-bond donors (Lipinski definition) is 0. The van der Waals surface area contributed by atoms with Crippen molar-refractivity contribution in [1.29, 1.82) is 0 Å². The molecule has 2 unspecified atom stereocenters. The topological polar surface area (TPSA) is 25.8 Å². The van der Waals surface area contributed by atoms with Crippen LogP contribution in [0.2, 0.25) is 0 Å². The maximum Gasteiger partial charge on any atom is 0.0434 e. The van der Waals surface area contributed by atoms with Crippen LogP contribution in [0.4, 0.5) is 0 Å². The van der Waals surface area contributed by atoms with E-state index in [2.05, 4.69) is 68.9 Å². The third-order valence-corrected chi connectivity index (χ3v) is 4.77. The van der Waals surface area contributed by atoms with Gasteiger partial charge in [0.05, 0.1) is 0 Å². The second kappa shape index (κ2) is 8.24. The van der Waals surface area contributed by atoms with Gasteiger partial charge in [-0.05, 0) is 66.3 Å². The van der Waals surface area contributed by atoms with Crippen molar-refractivity contribution in [3.05, 3.63) is 59.2 Å². The lowest BCUT2D eigenvalue weighted by molar-refractivity contribution is 0.557. The van der Waals surface area contributed by atoms with Crippen molar-refractivity contribution < 1.29 is 0 Å². The van der Waals surface area contributed by atoms with Gasteiger partial charge in [0, 0.05) is 23.8 Å². The number of aryl methyl sites for hydroxylation is 1. The summed E-state index contributed by atoms with van der Waals surface area (Å²) in [5.41, 5.74) is 5.12. The van der Waals surface area contributed by atoms with Gasteiger partial charge in [-0.15, -0.1) is 0 Å². The molecule has 0 aliphatic rings. The van der Waals surface area contributed by atoms with Gasteiger partial charge in [0.25, 0.3) is 0 Å². The summed E-state index contributed by atoms with van der Waals surface area (Å²) in [5.74, 6) is 1.55. The van der Waals surface area contributed by atoms with Crippen molar-refractivity contribution in [2.24, 2.45) is 0 Å². The molecule has 0 bridgehead atoms. The predicted molar refractivity (Wildman–Crippen MR) is 98.0 cm³/mol. The summed E-state index contributed by atoms with van der Waals surface area (Å²) in [7, 11) is 0. The minimum Gasteiger partial charge on any atom is -0.261 e. The molecule has 0 radical (unpaired) electrons. The second-order valence-electron chi connectivity index (χ2n) is 6.99. The van der Waals surface area contributed by atoms with Gasteiger partial charge in [0.15, 0.2) is 0 Å². The minimum absolute atomic E-state index is 0.492. The molecule has 23 heavy (non-hydrogen) atoms. The predicted octanol–water partition coefficient (Wildman–Crippen LogP) is 5.85. The highest BCUT2D eigenvalue weighted by Gasteiger charge is 2.13. The van der Waals surface area contributed by atoms with E-state index in [1.54, 1.807) is 0 Å². The van der Waals surface area contributed by atoms with Crippen LogP contribution < -0.4 is 0 Å². The summed E-state index contributed by atoms with van der Waals surface area (Å²) in [6.45, 7) is 11.2. The molecule has 0 amide bonds. The fourth-order valence-electron chi connectivity index (χ4n) is 2.83. The molecule has 2 rings (SSSR count).